The highest BCUT2D eigenvalue weighted by Gasteiger charge is 2.15. The number of halogens is 1. The standard InChI is InChI=1S/C11H11BrN2O2S2/c1-6-9(10(15)16-2)18-11(14-6)13-5-8-7(12)3-4-17-8/h3-4H,5H2,1-2H3,(H,13,14). The predicted molar refractivity (Wildman–Crippen MR) is 77.5 cm³/mol. The number of carbonyl (C=O) groups excluding carboxylic acids is 1. The molecule has 96 valence electrons. The Balaban J connectivity index is 2.07. The topological polar surface area (TPSA) is 51.2 Å². The smallest absolute Gasteiger partial charge is 0.350 e. The maximum atomic E-state index is 11.4. The molecule has 0 fully saturated rings. The Morgan fingerprint density at radius 1 is 1.61 bits per heavy atom. The van der Waals surface area contributed by atoms with Crippen molar-refractivity contribution in [1.29, 1.82) is 0 Å². The van der Waals surface area contributed by atoms with Crippen molar-refractivity contribution in [2.24, 2.45) is 0 Å². The number of methoxy groups -OCH3 is 1. The number of rotatable bonds is 4. The molecule has 0 spiro atoms. The first-order valence-electron chi connectivity index (χ1n) is 5.13. The Morgan fingerprint density at radius 3 is 3.00 bits per heavy atom. The average molecular weight is 347 g/mol. The molecule has 0 amide bonds. The average Bonchev–Trinajstić information content (AvgIpc) is 2.92. The second kappa shape index (κ2) is 5.81. The van der Waals surface area contributed by atoms with Crippen LogP contribution in [0.5, 0.6) is 0 Å². The lowest BCUT2D eigenvalue weighted by Crippen LogP contribution is -1.99. The fraction of sp³-hybridized carbons (Fsp3) is 0.273. The molecule has 0 saturated heterocycles. The lowest BCUT2D eigenvalue weighted by Gasteiger charge is -2.00. The molecule has 2 aromatic heterocycles. The van der Waals surface area contributed by atoms with Gasteiger partial charge in [0.15, 0.2) is 5.13 Å². The maximum Gasteiger partial charge on any atom is 0.350 e. The van der Waals surface area contributed by atoms with Gasteiger partial charge in [-0.25, -0.2) is 9.78 Å². The van der Waals surface area contributed by atoms with Gasteiger partial charge >= 0.3 is 5.97 Å². The first-order chi connectivity index (χ1) is 8.61. The van der Waals surface area contributed by atoms with E-state index in [0.29, 0.717) is 17.1 Å². The number of thiazole rings is 1. The summed E-state index contributed by atoms with van der Waals surface area (Å²) in [6, 6.07) is 2.01. The van der Waals surface area contributed by atoms with Gasteiger partial charge in [-0.1, -0.05) is 11.3 Å². The van der Waals surface area contributed by atoms with Crippen molar-refractivity contribution in [3.63, 3.8) is 0 Å². The molecule has 4 nitrogen and oxygen atoms in total. The molecule has 18 heavy (non-hydrogen) atoms. The Morgan fingerprint density at radius 2 is 2.39 bits per heavy atom. The quantitative estimate of drug-likeness (QED) is 0.858. The van der Waals surface area contributed by atoms with Crippen LogP contribution in [0.15, 0.2) is 15.9 Å². The summed E-state index contributed by atoms with van der Waals surface area (Å²) in [4.78, 5) is 17.5. The number of anilines is 1. The molecule has 0 bridgehead atoms. The normalized spacial score (nSPS) is 10.4. The van der Waals surface area contributed by atoms with Crippen molar-refractivity contribution in [1.82, 2.24) is 4.98 Å². The van der Waals surface area contributed by atoms with Gasteiger partial charge in [-0.05, 0) is 34.3 Å². The van der Waals surface area contributed by atoms with Crippen molar-refractivity contribution < 1.29 is 9.53 Å². The van der Waals surface area contributed by atoms with E-state index in [1.807, 2.05) is 11.4 Å². The summed E-state index contributed by atoms with van der Waals surface area (Å²) < 4.78 is 5.78. The van der Waals surface area contributed by atoms with E-state index in [4.69, 9.17) is 4.74 Å². The zero-order valence-corrected chi connectivity index (χ0v) is 13.0. The molecule has 0 saturated carbocycles. The first kappa shape index (κ1) is 13.5. The van der Waals surface area contributed by atoms with Gasteiger partial charge in [-0.15, -0.1) is 11.3 Å². The Labute approximate surface area is 121 Å². The summed E-state index contributed by atoms with van der Waals surface area (Å²) in [7, 11) is 1.37. The van der Waals surface area contributed by atoms with Gasteiger partial charge in [0.25, 0.3) is 0 Å². The van der Waals surface area contributed by atoms with Gasteiger partial charge in [0.1, 0.15) is 4.88 Å². The second-order valence-electron chi connectivity index (χ2n) is 3.47. The number of ether oxygens (including phenoxy) is 1. The zero-order chi connectivity index (χ0) is 13.1. The Hall–Kier alpha value is -0.920. The molecule has 2 heterocycles. The number of aromatic nitrogens is 1. The van der Waals surface area contributed by atoms with E-state index in [0.717, 1.165) is 9.60 Å². The van der Waals surface area contributed by atoms with Gasteiger partial charge < -0.3 is 10.1 Å². The summed E-state index contributed by atoms with van der Waals surface area (Å²) in [5.74, 6) is -0.338. The van der Waals surface area contributed by atoms with E-state index in [1.54, 1.807) is 18.3 Å². The van der Waals surface area contributed by atoms with Crippen LogP contribution in [0.1, 0.15) is 20.2 Å². The van der Waals surface area contributed by atoms with Crippen LogP contribution in [-0.4, -0.2) is 18.1 Å². The summed E-state index contributed by atoms with van der Waals surface area (Å²) in [6.07, 6.45) is 0. The van der Waals surface area contributed by atoms with Crippen LogP contribution in [-0.2, 0) is 11.3 Å². The molecule has 7 heteroatoms. The Bertz CT molecular complexity index is 565. The minimum Gasteiger partial charge on any atom is -0.465 e. The molecule has 0 aliphatic heterocycles. The molecule has 0 aromatic carbocycles. The lowest BCUT2D eigenvalue weighted by atomic mass is 10.4. The van der Waals surface area contributed by atoms with Crippen molar-refractivity contribution in [2.45, 2.75) is 13.5 Å². The van der Waals surface area contributed by atoms with Gasteiger partial charge in [-0.3, -0.25) is 0 Å². The number of nitrogens with zero attached hydrogens (tertiary/aromatic N) is 1. The molecule has 0 aliphatic carbocycles. The van der Waals surface area contributed by atoms with E-state index in [1.165, 1.54) is 23.3 Å². The van der Waals surface area contributed by atoms with Crippen molar-refractivity contribution >= 4 is 49.7 Å². The summed E-state index contributed by atoms with van der Waals surface area (Å²) >= 11 is 6.45. The highest BCUT2D eigenvalue weighted by molar-refractivity contribution is 9.10. The van der Waals surface area contributed by atoms with E-state index >= 15 is 0 Å². The number of hydrogen-bond donors (Lipinski definition) is 1. The molecule has 0 atom stereocenters. The van der Waals surface area contributed by atoms with Gasteiger partial charge in [-0.2, -0.15) is 0 Å². The first-order valence-corrected chi connectivity index (χ1v) is 7.62. The number of thiophene rings is 1. The van der Waals surface area contributed by atoms with Gasteiger partial charge in [0, 0.05) is 9.35 Å². The monoisotopic (exact) mass is 346 g/mol. The van der Waals surface area contributed by atoms with Crippen LogP contribution in [0, 0.1) is 6.92 Å². The molecule has 0 radical (unpaired) electrons. The van der Waals surface area contributed by atoms with Crippen LogP contribution in [0.3, 0.4) is 0 Å². The second-order valence-corrected chi connectivity index (χ2v) is 6.32. The van der Waals surface area contributed by atoms with E-state index < -0.39 is 0 Å². The molecule has 0 aliphatic rings. The van der Waals surface area contributed by atoms with E-state index in [2.05, 4.69) is 26.2 Å². The summed E-state index contributed by atoms with van der Waals surface area (Å²) in [5, 5.41) is 5.96. The zero-order valence-electron chi connectivity index (χ0n) is 9.82. The minimum atomic E-state index is -0.338. The molecule has 2 rings (SSSR count). The highest BCUT2D eigenvalue weighted by atomic mass is 79.9. The molecular weight excluding hydrogens is 336 g/mol. The van der Waals surface area contributed by atoms with Crippen LogP contribution in [0.25, 0.3) is 0 Å². The summed E-state index contributed by atoms with van der Waals surface area (Å²) in [5.41, 5.74) is 0.694. The van der Waals surface area contributed by atoms with E-state index in [9.17, 15) is 4.79 Å². The van der Waals surface area contributed by atoms with Crippen molar-refractivity contribution in [2.75, 3.05) is 12.4 Å². The Kier molecular flexibility index (Phi) is 4.36. The van der Waals surface area contributed by atoms with Crippen LogP contribution < -0.4 is 5.32 Å². The van der Waals surface area contributed by atoms with Gasteiger partial charge in [0.2, 0.25) is 0 Å². The van der Waals surface area contributed by atoms with Crippen LogP contribution in [0.2, 0.25) is 0 Å². The minimum absolute atomic E-state index is 0.338. The molecule has 0 unspecified atom stereocenters. The number of aryl methyl sites for hydroxylation is 1. The van der Waals surface area contributed by atoms with Crippen LogP contribution in [0.4, 0.5) is 5.13 Å². The maximum absolute atomic E-state index is 11.4. The third kappa shape index (κ3) is 2.90. The lowest BCUT2D eigenvalue weighted by molar-refractivity contribution is 0.0605. The number of hydrogen-bond acceptors (Lipinski definition) is 6. The van der Waals surface area contributed by atoms with E-state index in [-0.39, 0.29) is 5.97 Å². The third-order valence-electron chi connectivity index (χ3n) is 2.26. The number of nitrogens with one attached hydrogen (secondary N) is 1. The number of esters is 1. The largest absolute Gasteiger partial charge is 0.465 e. The fourth-order valence-corrected chi connectivity index (χ4v) is 3.67. The van der Waals surface area contributed by atoms with Gasteiger partial charge in [0.05, 0.1) is 19.3 Å². The predicted octanol–water partition coefficient (Wildman–Crippen LogP) is 3.67. The molecule has 2 aromatic rings. The van der Waals surface area contributed by atoms with Crippen molar-refractivity contribution in [3.8, 4) is 0 Å². The SMILES string of the molecule is COC(=O)c1sc(NCc2sccc2Br)nc1C. The highest BCUT2D eigenvalue weighted by Crippen LogP contribution is 2.26. The number of carbonyl (C=O) groups is 1. The van der Waals surface area contributed by atoms with Crippen molar-refractivity contribution in [3.05, 3.63) is 31.4 Å². The molecular formula is C11H11BrN2O2S2. The third-order valence-corrected chi connectivity index (χ3v) is 5.28. The fourth-order valence-electron chi connectivity index (χ4n) is 1.36. The summed E-state index contributed by atoms with van der Waals surface area (Å²) in [6.45, 7) is 2.49. The van der Waals surface area contributed by atoms with Crippen LogP contribution >= 0.6 is 38.6 Å². The molecule has 1 N–H and O–H groups in total.